The van der Waals surface area contributed by atoms with Crippen molar-refractivity contribution in [2.24, 2.45) is 5.73 Å². The van der Waals surface area contributed by atoms with Crippen molar-refractivity contribution in [3.05, 3.63) is 58.9 Å². The highest BCUT2D eigenvalue weighted by molar-refractivity contribution is 5.67. The van der Waals surface area contributed by atoms with Crippen LogP contribution in [0.25, 0.3) is 11.1 Å². The smallest absolute Gasteiger partial charge is 0.127 e. The molecule has 0 aromatic heterocycles. The maximum Gasteiger partial charge on any atom is 0.127 e. The Morgan fingerprint density at radius 2 is 1.83 bits per heavy atom. The van der Waals surface area contributed by atoms with Crippen LogP contribution in [0.15, 0.2) is 36.4 Å². The molecular weight excluding hydrogens is 289 g/mol. The minimum atomic E-state index is -0.702. The zero-order valence-electron chi connectivity index (χ0n) is 12.6. The summed E-state index contributed by atoms with van der Waals surface area (Å²) < 4.78 is 14.2. The summed E-state index contributed by atoms with van der Waals surface area (Å²) >= 11 is 0. The average Bonchev–Trinajstić information content (AvgIpc) is 3.40. The molecule has 0 heterocycles. The molecule has 1 saturated carbocycles. The lowest BCUT2D eigenvalue weighted by Gasteiger charge is -2.10. The average molecular weight is 305 g/mol. The van der Waals surface area contributed by atoms with E-state index in [1.807, 2.05) is 24.3 Å². The first-order valence-electron chi connectivity index (χ1n) is 7.60. The normalized spacial score (nSPS) is 14.8. The molecule has 0 spiro atoms. The Hall–Kier alpha value is -2.69. The van der Waals surface area contributed by atoms with Gasteiger partial charge in [0.25, 0.3) is 0 Å². The highest BCUT2D eigenvalue weighted by Crippen LogP contribution is 2.42. The lowest BCUT2D eigenvalue weighted by Crippen LogP contribution is -2.20. The van der Waals surface area contributed by atoms with E-state index < -0.39 is 6.04 Å². The summed E-state index contributed by atoms with van der Waals surface area (Å²) in [6.45, 7) is 0. The van der Waals surface area contributed by atoms with E-state index in [9.17, 15) is 9.65 Å². The van der Waals surface area contributed by atoms with Crippen LogP contribution in [-0.2, 0) is 6.42 Å². The second-order valence-electron chi connectivity index (χ2n) is 5.93. The molecule has 4 heteroatoms. The summed E-state index contributed by atoms with van der Waals surface area (Å²) in [5.74, 6) is 0.105. The number of halogens is 1. The Morgan fingerprint density at radius 1 is 1.13 bits per heavy atom. The van der Waals surface area contributed by atoms with Gasteiger partial charge in [-0.05, 0) is 59.2 Å². The Labute approximate surface area is 134 Å². The molecule has 2 N–H and O–H groups in total. The van der Waals surface area contributed by atoms with Crippen LogP contribution in [-0.4, -0.2) is 6.04 Å². The third kappa shape index (κ3) is 3.23. The first kappa shape index (κ1) is 15.2. The minimum absolute atomic E-state index is 0.198. The second-order valence-corrected chi connectivity index (χ2v) is 5.93. The number of nitrogens with zero attached hydrogens (tertiary/aromatic N) is 2. The van der Waals surface area contributed by atoms with Crippen LogP contribution in [0.4, 0.5) is 4.39 Å². The predicted molar refractivity (Wildman–Crippen MR) is 85.8 cm³/mol. The van der Waals surface area contributed by atoms with Crippen molar-refractivity contribution in [2.45, 2.75) is 31.2 Å². The third-order valence-electron chi connectivity index (χ3n) is 4.18. The molecule has 1 fully saturated rings. The van der Waals surface area contributed by atoms with Crippen LogP contribution in [0.5, 0.6) is 0 Å². The molecule has 1 aliphatic rings. The van der Waals surface area contributed by atoms with Crippen molar-refractivity contribution in [3.8, 4) is 23.3 Å². The molecule has 23 heavy (non-hydrogen) atoms. The van der Waals surface area contributed by atoms with E-state index in [-0.39, 0.29) is 12.2 Å². The zero-order chi connectivity index (χ0) is 16.4. The van der Waals surface area contributed by atoms with E-state index in [0.29, 0.717) is 17.0 Å². The van der Waals surface area contributed by atoms with Gasteiger partial charge in [0.15, 0.2) is 0 Å². The SMILES string of the molecule is N#Cc1ccc(-c2ccc(C[C@H](N)C#N)c(F)c2)cc1C1CC1. The van der Waals surface area contributed by atoms with Gasteiger partial charge in [0.05, 0.1) is 23.7 Å². The van der Waals surface area contributed by atoms with Crippen LogP contribution in [0, 0.1) is 28.5 Å². The molecule has 1 atom stereocenters. The third-order valence-corrected chi connectivity index (χ3v) is 4.18. The molecule has 3 nitrogen and oxygen atoms in total. The van der Waals surface area contributed by atoms with Crippen molar-refractivity contribution in [2.75, 3.05) is 0 Å². The lowest BCUT2D eigenvalue weighted by molar-refractivity contribution is 0.604. The number of nitriles is 2. The zero-order valence-corrected chi connectivity index (χ0v) is 12.6. The molecule has 1 aliphatic carbocycles. The monoisotopic (exact) mass is 305 g/mol. The molecule has 3 rings (SSSR count). The van der Waals surface area contributed by atoms with E-state index >= 15 is 0 Å². The van der Waals surface area contributed by atoms with Gasteiger partial charge in [0, 0.05) is 6.42 Å². The number of rotatable bonds is 4. The fourth-order valence-electron chi connectivity index (χ4n) is 2.75. The van der Waals surface area contributed by atoms with Crippen LogP contribution in [0.1, 0.15) is 35.4 Å². The summed E-state index contributed by atoms with van der Waals surface area (Å²) in [6.07, 6.45) is 2.41. The molecule has 114 valence electrons. The molecule has 2 aromatic rings. The van der Waals surface area contributed by atoms with Gasteiger partial charge < -0.3 is 5.73 Å². The van der Waals surface area contributed by atoms with Crippen LogP contribution < -0.4 is 5.73 Å². The molecule has 2 aromatic carbocycles. The summed E-state index contributed by atoms with van der Waals surface area (Å²) in [7, 11) is 0. The number of nitrogens with two attached hydrogens (primary N) is 1. The van der Waals surface area contributed by atoms with Crippen molar-refractivity contribution in [3.63, 3.8) is 0 Å². The summed E-state index contributed by atoms with van der Waals surface area (Å²) in [4.78, 5) is 0. The second kappa shape index (κ2) is 6.20. The fourth-order valence-corrected chi connectivity index (χ4v) is 2.75. The Balaban J connectivity index is 1.93. The van der Waals surface area contributed by atoms with E-state index in [1.165, 1.54) is 6.07 Å². The summed E-state index contributed by atoms with van der Waals surface area (Å²) in [6, 6.07) is 14.1. The predicted octanol–water partition coefficient (Wildman–Crippen LogP) is 3.64. The molecule has 0 aliphatic heterocycles. The molecule has 0 saturated heterocycles. The van der Waals surface area contributed by atoms with Crippen molar-refractivity contribution < 1.29 is 4.39 Å². The highest BCUT2D eigenvalue weighted by atomic mass is 19.1. The van der Waals surface area contributed by atoms with Gasteiger partial charge in [-0.15, -0.1) is 0 Å². The van der Waals surface area contributed by atoms with Gasteiger partial charge in [0.1, 0.15) is 5.82 Å². The standard InChI is InChI=1S/C19H16FN3/c20-19-9-14(3-5-15(19)7-17(23)11-22)13-4-6-16(10-21)18(8-13)12-1-2-12/h3-6,8-9,12,17H,1-2,7,23H2/t17-/m0/s1. The van der Waals surface area contributed by atoms with Crippen LogP contribution in [0.2, 0.25) is 0 Å². The first-order valence-corrected chi connectivity index (χ1v) is 7.60. The molecule has 0 unspecified atom stereocenters. The van der Waals surface area contributed by atoms with Crippen molar-refractivity contribution in [1.29, 1.82) is 10.5 Å². The van der Waals surface area contributed by atoms with Gasteiger partial charge in [-0.1, -0.05) is 18.2 Å². The van der Waals surface area contributed by atoms with Crippen LogP contribution in [0.3, 0.4) is 0 Å². The lowest BCUT2D eigenvalue weighted by atomic mass is 9.95. The quantitative estimate of drug-likeness (QED) is 0.937. The Morgan fingerprint density at radius 3 is 2.43 bits per heavy atom. The molecular formula is C19H16FN3. The maximum absolute atomic E-state index is 14.2. The molecule has 0 bridgehead atoms. The van der Waals surface area contributed by atoms with E-state index in [0.717, 1.165) is 29.5 Å². The van der Waals surface area contributed by atoms with E-state index in [4.69, 9.17) is 11.0 Å². The largest absolute Gasteiger partial charge is 0.316 e. The van der Waals surface area contributed by atoms with Crippen molar-refractivity contribution >= 4 is 0 Å². The Kier molecular flexibility index (Phi) is 4.10. The van der Waals surface area contributed by atoms with Crippen molar-refractivity contribution in [1.82, 2.24) is 0 Å². The first-order chi connectivity index (χ1) is 11.1. The number of hydrogen-bond donors (Lipinski definition) is 1. The number of benzene rings is 2. The summed E-state index contributed by atoms with van der Waals surface area (Å²) in [5.41, 5.74) is 9.43. The summed E-state index contributed by atoms with van der Waals surface area (Å²) in [5, 5.41) is 17.9. The topological polar surface area (TPSA) is 73.6 Å². The van der Waals surface area contributed by atoms with Gasteiger partial charge in [-0.25, -0.2) is 4.39 Å². The van der Waals surface area contributed by atoms with Crippen LogP contribution >= 0.6 is 0 Å². The molecule has 0 radical (unpaired) electrons. The van der Waals surface area contributed by atoms with E-state index in [2.05, 4.69) is 6.07 Å². The minimum Gasteiger partial charge on any atom is -0.316 e. The van der Waals surface area contributed by atoms with E-state index in [1.54, 1.807) is 12.1 Å². The highest BCUT2D eigenvalue weighted by Gasteiger charge is 2.26. The van der Waals surface area contributed by atoms with Gasteiger partial charge in [-0.2, -0.15) is 10.5 Å². The maximum atomic E-state index is 14.2. The number of hydrogen-bond acceptors (Lipinski definition) is 3. The van der Waals surface area contributed by atoms with Gasteiger partial charge in [-0.3, -0.25) is 0 Å². The van der Waals surface area contributed by atoms with Gasteiger partial charge >= 0.3 is 0 Å². The molecule has 0 amide bonds. The fraction of sp³-hybridized carbons (Fsp3) is 0.263. The van der Waals surface area contributed by atoms with Gasteiger partial charge in [0.2, 0.25) is 0 Å². The Bertz CT molecular complexity index is 825.